The van der Waals surface area contributed by atoms with Crippen molar-refractivity contribution in [1.29, 1.82) is 0 Å². The van der Waals surface area contributed by atoms with Crippen LogP contribution in [0.3, 0.4) is 0 Å². The smallest absolute Gasteiger partial charge is 0.225 e. The van der Waals surface area contributed by atoms with E-state index in [9.17, 15) is 9.50 Å². The number of nitrogens with one attached hydrogen (secondary N) is 2. The zero-order chi connectivity index (χ0) is 17.6. The molecule has 0 fully saturated rings. The van der Waals surface area contributed by atoms with E-state index in [1.807, 2.05) is 19.1 Å². The second kappa shape index (κ2) is 7.67. The average Bonchev–Trinajstić information content (AvgIpc) is 2.64. The number of aliphatic hydroxyl groups is 1. The zero-order valence-electron chi connectivity index (χ0n) is 13.6. The molecule has 0 aliphatic heterocycles. The maximum atomic E-state index is 13.9. The summed E-state index contributed by atoms with van der Waals surface area (Å²) in [6.07, 6.45) is 3.34. The summed E-state index contributed by atoms with van der Waals surface area (Å²) in [4.78, 5) is 12.8. The van der Waals surface area contributed by atoms with Crippen molar-refractivity contribution in [2.24, 2.45) is 0 Å². The van der Waals surface area contributed by atoms with E-state index < -0.39 is 0 Å². The molecule has 3 aromatic rings. The number of para-hydroxylation sites is 1. The minimum atomic E-state index is -0.371. The normalized spacial score (nSPS) is 11.8. The van der Waals surface area contributed by atoms with Gasteiger partial charge in [0, 0.05) is 30.1 Å². The Balaban J connectivity index is 1.99. The van der Waals surface area contributed by atoms with Gasteiger partial charge in [0.25, 0.3) is 0 Å². The Labute approximate surface area is 144 Å². The third-order valence-electron chi connectivity index (χ3n) is 3.49. The van der Waals surface area contributed by atoms with Gasteiger partial charge < -0.3 is 15.7 Å². The van der Waals surface area contributed by atoms with Gasteiger partial charge in [-0.15, -0.1) is 0 Å². The fraction of sp³-hybridized carbons (Fsp3) is 0.167. The second-order valence-corrected chi connectivity index (χ2v) is 5.53. The van der Waals surface area contributed by atoms with Gasteiger partial charge in [0.05, 0.1) is 18.0 Å². The van der Waals surface area contributed by atoms with Crippen LogP contribution in [-0.4, -0.2) is 32.7 Å². The number of nitrogens with zero attached hydrogens (tertiary/aromatic N) is 3. The molecule has 0 saturated heterocycles. The largest absolute Gasteiger partial charge is 0.394 e. The molecule has 25 heavy (non-hydrogen) atoms. The standard InChI is InChI=1S/C18H18FN5O/c1-12(11-25)21-18-23-16(13-6-8-20-9-7-13)10-17(24-18)22-15-5-3-2-4-14(15)19/h2-10,12,25H,11H2,1H3,(H2,21,22,23,24)/t12-/m1/s1. The van der Waals surface area contributed by atoms with Crippen molar-refractivity contribution in [3.63, 3.8) is 0 Å². The fourth-order valence-electron chi connectivity index (χ4n) is 2.21. The molecule has 3 rings (SSSR count). The summed E-state index contributed by atoms with van der Waals surface area (Å²) >= 11 is 0. The SMILES string of the molecule is C[C@H](CO)Nc1nc(Nc2ccccc2F)cc(-c2ccncc2)n1. The highest BCUT2D eigenvalue weighted by atomic mass is 19.1. The molecule has 128 valence electrons. The molecule has 7 heteroatoms. The van der Waals surface area contributed by atoms with Gasteiger partial charge in [-0.2, -0.15) is 4.98 Å². The first kappa shape index (κ1) is 16.8. The van der Waals surface area contributed by atoms with Gasteiger partial charge >= 0.3 is 0 Å². The fourth-order valence-corrected chi connectivity index (χ4v) is 2.21. The van der Waals surface area contributed by atoms with Crippen molar-refractivity contribution >= 4 is 17.5 Å². The van der Waals surface area contributed by atoms with E-state index >= 15 is 0 Å². The van der Waals surface area contributed by atoms with Crippen molar-refractivity contribution in [3.8, 4) is 11.3 Å². The van der Waals surface area contributed by atoms with Crippen LogP contribution in [0.15, 0.2) is 54.9 Å². The van der Waals surface area contributed by atoms with Gasteiger partial charge in [0.1, 0.15) is 11.6 Å². The summed E-state index contributed by atoms with van der Waals surface area (Å²) in [5, 5.41) is 15.2. The van der Waals surface area contributed by atoms with E-state index in [1.54, 1.807) is 36.7 Å². The topological polar surface area (TPSA) is 83.0 Å². The molecule has 0 radical (unpaired) electrons. The second-order valence-electron chi connectivity index (χ2n) is 5.53. The van der Waals surface area contributed by atoms with E-state index in [-0.39, 0.29) is 18.5 Å². The van der Waals surface area contributed by atoms with Crippen LogP contribution in [0, 0.1) is 5.82 Å². The van der Waals surface area contributed by atoms with Gasteiger partial charge in [-0.05, 0) is 31.2 Å². The summed E-state index contributed by atoms with van der Waals surface area (Å²) in [5.41, 5.74) is 1.83. The Bertz CT molecular complexity index is 844. The molecule has 2 aromatic heterocycles. The highest BCUT2D eigenvalue weighted by Crippen LogP contribution is 2.24. The lowest BCUT2D eigenvalue weighted by Crippen LogP contribution is -2.21. The van der Waals surface area contributed by atoms with E-state index in [0.29, 0.717) is 23.1 Å². The summed E-state index contributed by atoms with van der Waals surface area (Å²) < 4.78 is 13.9. The van der Waals surface area contributed by atoms with E-state index in [4.69, 9.17) is 0 Å². The molecule has 2 heterocycles. The Hall–Kier alpha value is -3.06. The minimum Gasteiger partial charge on any atom is -0.394 e. The van der Waals surface area contributed by atoms with Crippen molar-refractivity contribution in [3.05, 3.63) is 60.7 Å². The van der Waals surface area contributed by atoms with Crippen LogP contribution in [0.2, 0.25) is 0 Å². The first-order valence-electron chi connectivity index (χ1n) is 7.84. The van der Waals surface area contributed by atoms with E-state index in [2.05, 4.69) is 25.6 Å². The van der Waals surface area contributed by atoms with Gasteiger partial charge in [-0.25, -0.2) is 9.37 Å². The number of benzene rings is 1. The predicted octanol–water partition coefficient (Wildman–Crippen LogP) is 3.21. The van der Waals surface area contributed by atoms with Gasteiger partial charge in [0.15, 0.2) is 0 Å². The Kier molecular flexibility index (Phi) is 5.15. The Morgan fingerprint density at radius 1 is 1.12 bits per heavy atom. The molecule has 6 nitrogen and oxygen atoms in total. The molecule has 1 aromatic carbocycles. The monoisotopic (exact) mass is 339 g/mol. The summed E-state index contributed by atoms with van der Waals surface area (Å²) in [5.74, 6) is 0.416. The number of hydrogen-bond donors (Lipinski definition) is 3. The lowest BCUT2D eigenvalue weighted by molar-refractivity contribution is 0.281. The maximum absolute atomic E-state index is 13.9. The number of anilines is 3. The van der Waals surface area contributed by atoms with Crippen molar-refractivity contribution in [2.75, 3.05) is 17.2 Å². The van der Waals surface area contributed by atoms with Crippen LogP contribution in [-0.2, 0) is 0 Å². The molecule has 0 unspecified atom stereocenters. The van der Waals surface area contributed by atoms with Crippen molar-refractivity contribution in [1.82, 2.24) is 15.0 Å². The molecular weight excluding hydrogens is 321 g/mol. The Morgan fingerprint density at radius 2 is 1.88 bits per heavy atom. The predicted molar refractivity (Wildman–Crippen MR) is 95.1 cm³/mol. The summed E-state index contributed by atoms with van der Waals surface area (Å²) in [6.45, 7) is 1.76. The number of rotatable bonds is 6. The third-order valence-corrected chi connectivity index (χ3v) is 3.49. The number of aromatic nitrogens is 3. The molecule has 0 saturated carbocycles. The zero-order valence-corrected chi connectivity index (χ0v) is 13.6. The van der Waals surface area contributed by atoms with E-state index in [1.165, 1.54) is 6.07 Å². The molecule has 0 bridgehead atoms. The van der Waals surface area contributed by atoms with Crippen molar-refractivity contribution in [2.45, 2.75) is 13.0 Å². The van der Waals surface area contributed by atoms with Crippen LogP contribution in [0.5, 0.6) is 0 Å². The van der Waals surface area contributed by atoms with Crippen LogP contribution < -0.4 is 10.6 Å². The number of halogens is 1. The lowest BCUT2D eigenvalue weighted by Gasteiger charge is -2.14. The summed E-state index contributed by atoms with van der Waals surface area (Å²) in [6, 6.07) is 11.5. The van der Waals surface area contributed by atoms with Gasteiger partial charge in [-0.3, -0.25) is 4.98 Å². The number of pyridine rings is 1. The highest BCUT2D eigenvalue weighted by molar-refractivity contribution is 5.67. The molecular formula is C18H18FN5O. The van der Waals surface area contributed by atoms with Crippen LogP contribution in [0.1, 0.15) is 6.92 Å². The molecule has 0 spiro atoms. The summed E-state index contributed by atoms with van der Waals surface area (Å²) in [7, 11) is 0. The van der Waals surface area contributed by atoms with E-state index in [0.717, 1.165) is 5.56 Å². The molecule has 0 amide bonds. The molecule has 0 aliphatic carbocycles. The minimum absolute atomic E-state index is 0.0566. The van der Waals surface area contributed by atoms with Gasteiger partial charge in [0.2, 0.25) is 5.95 Å². The first-order valence-corrected chi connectivity index (χ1v) is 7.84. The number of hydrogen-bond acceptors (Lipinski definition) is 6. The average molecular weight is 339 g/mol. The van der Waals surface area contributed by atoms with Crippen LogP contribution in [0.25, 0.3) is 11.3 Å². The third kappa shape index (κ3) is 4.27. The number of aliphatic hydroxyl groups excluding tert-OH is 1. The van der Waals surface area contributed by atoms with Crippen LogP contribution >= 0.6 is 0 Å². The Morgan fingerprint density at radius 3 is 2.60 bits per heavy atom. The molecule has 3 N–H and O–H groups in total. The van der Waals surface area contributed by atoms with Gasteiger partial charge in [-0.1, -0.05) is 12.1 Å². The van der Waals surface area contributed by atoms with Crippen LogP contribution in [0.4, 0.5) is 21.8 Å². The maximum Gasteiger partial charge on any atom is 0.225 e. The van der Waals surface area contributed by atoms with Crippen molar-refractivity contribution < 1.29 is 9.50 Å². The molecule has 1 atom stereocenters. The first-order chi connectivity index (χ1) is 12.2. The molecule has 0 aliphatic rings. The quantitative estimate of drug-likeness (QED) is 0.640. The highest BCUT2D eigenvalue weighted by Gasteiger charge is 2.10. The lowest BCUT2D eigenvalue weighted by atomic mass is 10.2.